The van der Waals surface area contributed by atoms with Crippen LogP contribution in [0.4, 0.5) is 0 Å². The minimum Gasteiger partial charge on any atom is -0.504 e. The number of fused-ring (bicyclic) bond motifs is 2. The Labute approximate surface area is 136 Å². The van der Waals surface area contributed by atoms with Crippen LogP contribution < -0.4 is 14.4 Å². The Balaban J connectivity index is 2.10. The molecule has 4 heteroatoms. The molecular weight excluding hydrogens is 290 g/mol. The fourth-order valence-corrected chi connectivity index (χ4v) is 4.18. The van der Waals surface area contributed by atoms with E-state index in [2.05, 4.69) is 13.1 Å². The van der Waals surface area contributed by atoms with Crippen LogP contribution in [0.2, 0.25) is 0 Å². The molecule has 2 N–H and O–H groups in total. The van der Waals surface area contributed by atoms with Crippen molar-refractivity contribution in [1.29, 1.82) is 0 Å². The number of likely N-dealkylation sites (N-methyl/N-ethyl adjacent to an activating group) is 1. The van der Waals surface area contributed by atoms with Gasteiger partial charge in [0, 0.05) is 29.5 Å². The molecule has 0 aromatic heterocycles. The van der Waals surface area contributed by atoms with Gasteiger partial charge in [-0.2, -0.15) is 0 Å². The second-order valence-corrected chi connectivity index (χ2v) is 6.47. The predicted molar refractivity (Wildman–Crippen MR) is 88.5 cm³/mol. The third kappa shape index (κ3) is 1.94. The van der Waals surface area contributed by atoms with E-state index in [4.69, 9.17) is 9.47 Å². The monoisotopic (exact) mass is 312 g/mol. The molecule has 0 radical (unpaired) electrons. The highest BCUT2D eigenvalue weighted by Crippen LogP contribution is 2.51. The van der Waals surface area contributed by atoms with Gasteiger partial charge in [-0.15, -0.1) is 0 Å². The first-order valence-corrected chi connectivity index (χ1v) is 8.07. The van der Waals surface area contributed by atoms with E-state index in [9.17, 15) is 5.11 Å². The van der Waals surface area contributed by atoms with E-state index < -0.39 is 0 Å². The molecule has 2 atom stereocenters. The van der Waals surface area contributed by atoms with Crippen LogP contribution in [-0.4, -0.2) is 32.9 Å². The van der Waals surface area contributed by atoms with Crippen molar-refractivity contribution in [2.45, 2.75) is 18.9 Å². The van der Waals surface area contributed by atoms with E-state index in [1.165, 1.54) is 21.6 Å². The standard InChI is InChI=1S/C19H21NO3/c1-20-8-7-12-10-15(23-3)19(21)18-16(12)13(20)9-11-5-4-6-14(22-2)17(11)18/h4-6,10,13,21H,7-9H2,1-3H3/p+1/t13-/m1/s1. The topological polar surface area (TPSA) is 43.1 Å². The number of quaternary nitrogens is 1. The second kappa shape index (κ2) is 5.17. The van der Waals surface area contributed by atoms with Crippen molar-refractivity contribution in [3.63, 3.8) is 0 Å². The van der Waals surface area contributed by atoms with Gasteiger partial charge in [0.15, 0.2) is 11.5 Å². The predicted octanol–water partition coefficient (Wildman–Crippen LogP) is 1.74. The van der Waals surface area contributed by atoms with E-state index in [1.807, 2.05) is 18.2 Å². The highest BCUT2D eigenvalue weighted by Gasteiger charge is 2.39. The van der Waals surface area contributed by atoms with Crippen LogP contribution in [-0.2, 0) is 12.8 Å². The van der Waals surface area contributed by atoms with Crippen LogP contribution in [0.25, 0.3) is 11.1 Å². The summed E-state index contributed by atoms with van der Waals surface area (Å²) in [7, 11) is 5.53. The molecule has 2 aromatic carbocycles. The molecule has 4 nitrogen and oxygen atoms in total. The summed E-state index contributed by atoms with van der Waals surface area (Å²) < 4.78 is 11.0. The number of nitrogens with one attached hydrogen (secondary N) is 1. The Bertz CT molecular complexity index is 785. The van der Waals surface area contributed by atoms with E-state index in [0.29, 0.717) is 11.8 Å². The average Bonchev–Trinajstić information content (AvgIpc) is 2.58. The summed E-state index contributed by atoms with van der Waals surface area (Å²) in [6, 6.07) is 8.52. The van der Waals surface area contributed by atoms with Crippen molar-refractivity contribution in [3.8, 4) is 28.4 Å². The fourth-order valence-electron chi connectivity index (χ4n) is 4.18. The van der Waals surface area contributed by atoms with Crippen molar-refractivity contribution in [3.05, 3.63) is 41.0 Å². The van der Waals surface area contributed by atoms with Crippen LogP contribution in [0.15, 0.2) is 24.3 Å². The van der Waals surface area contributed by atoms with E-state index in [-0.39, 0.29) is 5.75 Å². The number of phenolic OH excluding ortho intramolecular Hbond substituents is 1. The van der Waals surface area contributed by atoms with Crippen LogP contribution in [0, 0.1) is 0 Å². The Kier molecular flexibility index (Phi) is 3.23. The first-order valence-electron chi connectivity index (χ1n) is 8.07. The summed E-state index contributed by atoms with van der Waals surface area (Å²) in [4.78, 5) is 1.50. The van der Waals surface area contributed by atoms with Gasteiger partial charge in [0.05, 0.1) is 27.8 Å². The van der Waals surface area contributed by atoms with Crippen LogP contribution in [0.1, 0.15) is 22.7 Å². The summed E-state index contributed by atoms with van der Waals surface area (Å²) in [5.41, 5.74) is 5.72. The molecule has 0 fully saturated rings. The van der Waals surface area contributed by atoms with Crippen molar-refractivity contribution in [1.82, 2.24) is 0 Å². The molecule has 0 spiro atoms. The van der Waals surface area contributed by atoms with Crippen molar-refractivity contribution >= 4 is 0 Å². The average molecular weight is 312 g/mol. The van der Waals surface area contributed by atoms with Gasteiger partial charge >= 0.3 is 0 Å². The van der Waals surface area contributed by atoms with Crippen LogP contribution >= 0.6 is 0 Å². The molecule has 0 amide bonds. The lowest BCUT2D eigenvalue weighted by molar-refractivity contribution is -0.914. The summed E-state index contributed by atoms with van der Waals surface area (Å²) >= 11 is 0. The number of rotatable bonds is 2. The van der Waals surface area contributed by atoms with Gasteiger partial charge in [-0.25, -0.2) is 0 Å². The number of ether oxygens (including phenoxy) is 2. The molecule has 2 aromatic rings. The normalized spacial score (nSPS) is 21.3. The number of methoxy groups -OCH3 is 2. The molecule has 0 saturated heterocycles. The first kappa shape index (κ1) is 14.4. The maximum Gasteiger partial charge on any atom is 0.166 e. The molecule has 0 saturated carbocycles. The summed E-state index contributed by atoms with van der Waals surface area (Å²) in [6.07, 6.45) is 1.98. The zero-order chi connectivity index (χ0) is 16.1. The third-order valence-corrected chi connectivity index (χ3v) is 5.35. The van der Waals surface area contributed by atoms with E-state index in [1.54, 1.807) is 14.2 Å². The Hall–Kier alpha value is -2.20. The minimum atomic E-state index is 0.233. The number of hydrogen-bond acceptors (Lipinski definition) is 3. The SMILES string of the molecule is COc1cc2c3c(c1O)-c1c(cccc1OC)C[C@H]3[NH+](C)CC2. The van der Waals surface area contributed by atoms with Crippen molar-refractivity contribution in [2.75, 3.05) is 27.8 Å². The quantitative estimate of drug-likeness (QED) is 0.888. The van der Waals surface area contributed by atoms with Crippen molar-refractivity contribution in [2.24, 2.45) is 0 Å². The van der Waals surface area contributed by atoms with Crippen LogP contribution in [0.3, 0.4) is 0 Å². The molecule has 23 heavy (non-hydrogen) atoms. The molecule has 0 bridgehead atoms. The Morgan fingerprint density at radius 1 is 1.09 bits per heavy atom. The lowest BCUT2D eigenvalue weighted by Crippen LogP contribution is -3.10. The number of benzene rings is 2. The molecule has 1 aliphatic carbocycles. The Morgan fingerprint density at radius 3 is 2.61 bits per heavy atom. The minimum absolute atomic E-state index is 0.233. The van der Waals surface area contributed by atoms with Gasteiger partial charge in [0.25, 0.3) is 0 Å². The zero-order valence-electron chi connectivity index (χ0n) is 13.8. The van der Waals surface area contributed by atoms with Gasteiger partial charge in [-0.3, -0.25) is 0 Å². The van der Waals surface area contributed by atoms with E-state index in [0.717, 1.165) is 36.3 Å². The molecule has 2 aliphatic rings. The van der Waals surface area contributed by atoms with Gasteiger partial charge in [-0.05, 0) is 23.3 Å². The zero-order valence-corrected chi connectivity index (χ0v) is 13.8. The van der Waals surface area contributed by atoms with Crippen LogP contribution in [0.5, 0.6) is 17.2 Å². The molecule has 4 rings (SSSR count). The van der Waals surface area contributed by atoms with Gasteiger partial charge in [-0.1, -0.05) is 12.1 Å². The molecule has 1 unspecified atom stereocenters. The fraction of sp³-hybridized carbons (Fsp3) is 0.368. The number of hydrogen-bond donors (Lipinski definition) is 2. The Morgan fingerprint density at radius 2 is 1.87 bits per heavy atom. The number of phenols is 1. The van der Waals surface area contributed by atoms with Gasteiger partial charge < -0.3 is 19.5 Å². The lowest BCUT2D eigenvalue weighted by Gasteiger charge is -2.38. The number of aromatic hydroxyl groups is 1. The second-order valence-electron chi connectivity index (χ2n) is 6.47. The lowest BCUT2D eigenvalue weighted by atomic mass is 9.76. The first-order chi connectivity index (χ1) is 11.2. The van der Waals surface area contributed by atoms with E-state index >= 15 is 0 Å². The smallest absolute Gasteiger partial charge is 0.166 e. The van der Waals surface area contributed by atoms with Gasteiger partial charge in [0.2, 0.25) is 0 Å². The summed E-state index contributed by atoms with van der Waals surface area (Å²) in [5.74, 6) is 1.60. The summed E-state index contributed by atoms with van der Waals surface area (Å²) in [5, 5.41) is 10.9. The highest BCUT2D eigenvalue weighted by atomic mass is 16.5. The summed E-state index contributed by atoms with van der Waals surface area (Å²) in [6.45, 7) is 1.10. The maximum absolute atomic E-state index is 10.9. The third-order valence-electron chi connectivity index (χ3n) is 5.35. The highest BCUT2D eigenvalue weighted by molar-refractivity contribution is 5.86. The molecule has 120 valence electrons. The largest absolute Gasteiger partial charge is 0.504 e. The molecule has 1 heterocycles. The van der Waals surface area contributed by atoms with Gasteiger partial charge in [0.1, 0.15) is 11.8 Å². The molecular formula is C19H22NO3+. The maximum atomic E-state index is 10.9. The van der Waals surface area contributed by atoms with Crippen molar-refractivity contribution < 1.29 is 19.5 Å². The molecule has 1 aliphatic heterocycles.